The van der Waals surface area contributed by atoms with Gasteiger partial charge in [-0.05, 0) is 47.2 Å². The van der Waals surface area contributed by atoms with Gasteiger partial charge in [0.15, 0.2) is 5.76 Å². The van der Waals surface area contributed by atoms with Crippen LogP contribution < -0.4 is 10.1 Å². The van der Waals surface area contributed by atoms with Gasteiger partial charge in [0.1, 0.15) is 5.75 Å². The second kappa shape index (κ2) is 13.2. The second-order valence-corrected chi connectivity index (χ2v) is 12.1. The van der Waals surface area contributed by atoms with E-state index in [9.17, 15) is 18.3 Å². The summed E-state index contributed by atoms with van der Waals surface area (Å²) in [5.74, 6) is 0.409. The molecule has 1 aliphatic heterocycles. The van der Waals surface area contributed by atoms with Crippen molar-refractivity contribution >= 4 is 15.9 Å². The van der Waals surface area contributed by atoms with Gasteiger partial charge in [0.25, 0.3) is 5.91 Å². The molecular formula is C28H38N2O7S. The van der Waals surface area contributed by atoms with E-state index in [4.69, 9.17) is 14.2 Å². The van der Waals surface area contributed by atoms with Gasteiger partial charge in [-0.25, -0.2) is 8.42 Å². The summed E-state index contributed by atoms with van der Waals surface area (Å²) in [5.41, 5.74) is 0.830. The first-order valence-electron chi connectivity index (χ1n) is 12.6. The summed E-state index contributed by atoms with van der Waals surface area (Å²) in [7, 11) is -2.36. The number of allylic oxidation sites excluding steroid dienone is 1. The van der Waals surface area contributed by atoms with Gasteiger partial charge in [0.2, 0.25) is 16.3 Å². The van der Waals surface area contributed by atoms with E-state index in [1.54, 1.807) is 12.1 Å². The smallest absolute Gasteiger partial charge is 0.286 e. The first-order valence-corrected chi connectivity index (χ1v) is 14.1. The van der Waals surface area contributed by atoms with E-state index >= 15 is 0 Å². The molecule has 1 aliphatic rings. The number of carbonyl (C=O) groups is 1. The summed E-state index contributed by atoms with van der Waals surface area (Å²) in [4.78, 5) is 13.0. The molecule has 208 valence electrons. The number of aliphatic hydroxyl groups excluding tert-OH is 1. The quantitative estimate of drug-likeness (QED) is 0.420. The summed E-state index contributed by atoms with van der Waals surface area (Å²) < 4.78 is 44.4. The van der Waals surface area contributed by atoms with Crippen LogP contribution in [-0.2, 0) is 30.8 Å². The highest BCUT2D eigenvalue weighted by atomic mass is 32.2. The maximum Gasteiger partial charge on any atom is 0.286 e. The number of methoxy groups -OCH3 is 1. The minimum absolute atomic E-state index is 0.00815. The molecule has 3 rings (SSSR count). The molecule has 0 unspecified atom stereocenters. The van der Waals surface area contributed by atoms with Crippen LogP contribution in [-0.4, -0.2) is 63.4 Å². The van der Waals surface area contributed by atoms with Crippen LogP contribution in [0, 0.1) is 11.3 Å². The van der Waals surface area contributed by atoms with Gasteiger partial charge < -0.3 is 24.6 Å². The number of benzene rings is 2. The number of sulfonamides is 1. The fraction of sp³-hybridized carbons (Fsp3) is 0.464. The number of nitrogens with zero attached hydrogens (tertiary/aromatic N) is 1. The number of carbonyl (C=O) groups excluding carboxylic acids is 1. The largest absolute Gasteiger partial charge is 0.497 e. The Kier molecular flexibility index (Phi) is 10.3. The summed E-state index contributed by atoms with van der Waals surface area (Å²) in [6.07, 6.45) is 1.64. The van der Waals surface area contributed by atoms with Gasteiger partial charge in [-0.3, -0.25) is 4.79 Å². The second-order valence-electron chi connectivity index (χ2n) is 10.1. The zero-order valence-electron chi connectivity index (χ0n) is 22.4. The van der Waals surface area contributed by atoms with E-state index in [0.717, 1.165) is 5.56 Å². The van der Waals surface area contributed by atoms with E-state index in [1.165, 1.54) is 23.5 Å². The molecule has 1 amide bonds. The van der Waals surface area contributed by atoms with Crippen molar-refractivity contribution in [3.63, 3.8) is 0 Å². The molecule has 1 heterocycles. The summed E-state index contributed by atoms with van der Waals surface area (Å²) in [6.45, 7) is 6.23. The van der Waals surface area contributed by atoms with Crippen molar-refractivity contribution in [3.8, 4) is 5.75 Å². The Morgan fingerprint density at radius 1 is 1.11 bits per heavy atom. The number of rotatable bonds is 12. The van der Waals surface area contributed by atoms with Gasteiger partial charge in [-0.15, -0.1) is 0 Å². The van der Waals surface area contributed by atoms with Gasteiger partial charge in [0.05, 0.1) is 25.2 Å². The van der Waals surface area contributed by atoms with Crippen LogP contribution in [0.15, 0.2) is 71.3 Å². The molecule has 2 aromatic rings. The summed E-state index contributed by atoms with van der Waals surface area (Å²) in [5, 5.41) is 12.4. The number of ether oxygens (including phenoxy) is 3. The predicted octanol–water partition coefficient (Wildman–Crippen LogP) is 3.30. The molecule has 2 atom stereocenters. The zero-order valence-corrected chi connectivity index (χ0v) is 23.2. The van der Waals surface area contributed by atoms with Crippen molar-refractivity contribution in [2.45, 2.75) is 44.9 Å². The minimum Gasteiger partial charge on any atom is -0.497 e. The van der Waals surface area contributed by atoms with Crippen LogP contribution >= 0.6 is 0 Å². The molecule has 10 heteroatoms. The van der Waals surface area contributed by atoms with E-state index < -0.39 is 16.3 Å². The third-order valence-corrected chi connectivity index (χ3v) is 8.29. The van der Waals surface area contributed by atoms with Crippen molar-refractivity contribution in [1.29, 1.82) is 0 Å². The fourth-order valence-electron chi connectivity index (χ4n) is 4.03. The third kappa shape index (κ3) is 8.04. The van der Waals surface area contributed by atoms with Crippen molar-refractivity contribution in [3.05, 3.63) is 72.0 Å². The van der Waals surface area contributed by atoms with Crippen molar-refractivity contribution in [2.75, 3.05) is 33.4 Å². The van der Waals surface area contributed by atoms with Crippen LogP contribution in [0.3, 0.4) is 0 Å². The lowest BCUT2D eigenvalue weighted by Crippen LogP contribution is -2.39. The molecule has 0 aliphatic carbocycles. The Labute approximate surface area is 225 Å². The van der Waals surface area contributed by atoms with E-state index in [1.807, 2.05) is 36.4 Å². The molecule has 0 bridgehead atoms. The molecular weight excluding hydrogens is 508 g/mol. The SMILES string of the molecule is COc1ccc(S(=O)(=O)N(CCO)CCO[C@H]2C[C@@H](C(C)(C)C)C=C(C(=O)NCc3ccccc3)O2)cc1. The standard InChI is InChI=1S/C28H38N2O7S/c1-28(2,3)22-18-25(27(32)29-20-21-8-6-5-7-9-21)37-26(19-22)36-17-15-30(14-16-31)38(33,34)24-12-10-23(35-4)11-13-24/h5-13,18,22,26,31H,14-17,19-20H2,1-4H3,(H,29,32)/t22-,26+/m0/s1. The number of hydrogen-bond acceptors (Lipinski definition) is 7. The molecule has 0 fully saturated rings. The van der Waals surface area contributed by atoms with Crippen LogP contribution in [0.4, 0.5) is 0 Å². The van der Waals surface area contributed by atoms with Gasteiger partial charge in [-0.2, -0.15) is 4.31 Å². The van der Waals surface area contributed by atoms with Crippen LogP contribution in [0.1, 0.15) is 32.8 Å². The molecule has 0 spiro atoms. The number of nitrogens with one attached hydrogen (secondary N) is 1. The zero-order chi connectivity index (χ0) is 27.8. The van der Waals surface area contributed by atoms with E-state index in [-0.39, 0.29) is 54.2 Å². The van der Waals surface area contributed by atoms with Gasteiger partial charge in [0, 0.05) is 26.1 Å². The Morgan fingerprint density at radius 3 is 2.39 bits per heavy atom. The molecule has 2 aromatic carbocycles. The van der Waals surface area contributed by atoms with Crippen molar-refractivity contribution in [2.24, 2.45) is 11.3 Å². The van der Waals surface area contributed by atoms with Crippen LogP contribution in [0.25, 0.3) is 0 Å². The van der Waals surface area contributed by atoms with Crippen LogP contribution in [0.5, 0.6) is 5.75 Å². The molecule has 0 saturated heterocycles. The molecule has 0 radical (unpaired) electrons. The minimum atomic E-state index is -3.86. The Bertz CT molecular complexity index is 1180. The highest BCUT2D eigenvalue weighted by Crippen LogP contribution is 2.36. The Morgan fingerprint density at radius 2 is 1.79 bits per heavy atom. The van der Waals surface area contributed by atoms with Crippen molar-refractivity contribution in [1.82, 2.24) is 9.62 Å². The van der Waals surface area contributed by atoms with E-state index in [0.29, 0.717) is 18.7 Å². The first kappa shape index (κ1) is 29.6. The molecule has 9 nitrogen and oxygen atoms in total. The van der Waals surface area contributed by atoms with Crippen LogP contribution in [0.2, 0.25) is 0 Å². The van der Waals surface area contributed by atoms with E-state index in [2.05, 4.69) is 26.1 Å². The average Bonchev–Trinajstić information content (AvgIpc) is 2.91. The molecule has 0 aromatic heterocycles. The lowest BCUT2D eigenvalue weighted by Gasteiger charge is -2.36. The number of hydrogen-bond donors (Lipinski definition) is 2. The molecule has 38 heavy (non-hydrogen) atoms. The summed E-state index contributed by atoms with van der Waals surface area (Å²) in [6, 6.07) is 15.7. The first-order chi connectivity index (χ1) is 18.0. The number of amides is 1. The predicted molar refractivity (Wildman–Crippen MR) is 144 cm³/mol. The average molecular weight is 547 g/mol. The monoisotopic (exact) mass is 546 g/mol. The summed E-state index contributed by atoms with van der Waals surface area (Å²) >= 11 is 0. The third-order valence-electron chi connectivity index (χ3n) is 6.38. The number of aliphatic hydroxyl groups is 1. The van der Waals surface area contributed by atoms with Gasteiger partial charge in [-0.1, -0.05) is 51.1 Å². The highest BCUT2D eigenvalue weighted by Gasteiger charge is 2.34. The maximum atomic E-state index is 13.1. The molecule has 0 saturated carbocycles. The Balaban J connectivity index is 1.65. The fourth-order valence-corrected chi connectivity index (χ4v) is 5.45. The maximum absolute atomic E-state index is 13.1. The highest BCUT2D eigenvalue weighted by molar-refractivity contribution is 7.89. The molecule has 2 N–H and O–H groups in total. The lowest BCUT2D eigenvalue weighted by atomic mass is 9.77. The Hall–Kier alpha value is -2.92. The van der Waals surface area contributed by atoms with Gasteiger partial charge >= 0.3 is 0 Å². The lowest BCUT2D eigenvalue weighted by molar-refractivity contribution is -0.153. The topological polar surface area (TPSA) is 114 Å². The normalized spacial score (nSPS) is 18.0. The van der Waals surface area contributed by atoms with Crippen molar-refractivity contribution < 1.29 is 32.5 Å².